The van der Waals surface area contributed by atoms with Crippen molar-refractivity contribution in [1.29, 1.82) is 0 Å². The first kappa shape index (κ1) is 22.5. The minimum atomic E-state index is -1.75. The second-order valence-corrected chi connectivity index (χ2v) is 16.1. The fraction of sp³-hybridized carbons (Fsp3) is 1.00. The molecule has 6 heteroatoms. The van der Waals surface area contributed by atoms with Crippen molar-refractivity contribution < 1.29 is 13.3 Å². The molecular weight excluding hydrogens is 324 g/mol. The summed E-state index contributed by atoms with van der Waals surface area (Å²) < 4.78 is 19.6. The van der Waals surface area contributed by atoms with E-state index in [0.29, 0.717) is 10.5 Å². The summed E-state index contributed by atoms with van der Waals surface area (Å²) in [6, 6.07) is 6.83. The van der Waals surface area contributed by atoms with Crippen LogP contribution in [0, 0.1) is 0 Å². The van der Waals surface area contributed by atoms with Crippen LogP contribution in [0.15, 0.2) is 0 Å². The molecule has 0 aromatic carbocycles. The van der Waals surface area contributed by atoms with E-state index in [4.69, 9.17) is 13.3 Å². The first-order chi connectivity index (χ1) is 10.4. The molecule has 0 bridgehead atoms. The van der Waals surface area contributed by atoms with Gasteiger partial charge < -0.3 is 13.3 Å². The highest BCUT2D eigenvalue weighted by Crippen LogP contribution is 2.37. The third kappa shape index (κ3) is 5.56. The molecule has 0 aliphatic rings. The molecule has 0 radical (unpaired) electrons. The van der Waals surface area contributed by atoms with Gasteiger partial charge in [-0.25, -0.2) is 0 Å². The first-order valence-corrected chi connectivity index (χ1v) is 15.2. The molecule has 0 aliphatic carbocycles. The Morgan fingerprint density at radius 1 is 0.682 bits per heavy atom. The summed E-state index contributed by atoms with van der Waals surface area (Å²) in [6.07, 6.45) is 1.89. The summed E-state index contributed by atoms with van der Waals surface area (Å²) in [5.41, 5.74) is 0. The molecule has 0 aromatic rings. The Balaban J connectivity index is 5.56. The van der Waals surface area contributed by atoms with Crippen molar-refractivity contribution in [2.75, 3.05) is 0 Å². The Labute approximate surface area is 144 Å². The molecule has 0 saturated heterocycles. The lowest BCUT2D eigenvalue weighted by Gasteiger charge is -2.46. The summed E-state index contributed by atoms with van der Waals surface area (Å²) in [5.74, 6) is -0.747. The quantitative estimate of drug-likeness (QED) is 0.348. The average Bonchev–Trinajstić information content (AvgIpc) is 2.58. The molecule has 0 amide bonds. The predicted octanol–water partition coefficient (Wildman–Crippen LogP) is 4.78. The van der Waals surface area contributed by atoms with Crippen LogP contribution in [0.3, 0.4) is 0 Å². The highest BCUT2D eigenvalue weighted by atomic mass is 28.4. The maximum Gasteiger partial charge on any atom is 0.253 e. The zero-order valence-corrected chi connectivity index (χ0v) is 20.4. The fourth-order valence-corrected chi connectivity index (χ4v) is 9.63. The van der Waals surface area contributed by atoms with E-state index in [1.165, 1.54) is 0 Å². The molecule has 0 aromatic heterocycles. The molecule has 0 spiro atoms. The Morgan fingerprint density at radius 2 is 1.00 bits per heavy atom. The average molecular weight is 365 g/mol. The SMILES string of the molecule is CCCC(O[SiH3])(O[Si](CC)(CC)CC)O[Si](CC)(CC)CC. The van der Waals surface area contributed by atoms with Gasteiger partial charge in [0, 0.05) is 6.42 Å². The van der Waals surface area contributed by atoms with Gasteiger partial charge in [0.25, 0.3) is 5.97 Å². The zero-order valence-electron chi connectivity index (χ0n) is 16.4. The van der Waals surface area contributed by atoms with Crippen LogP contribution in [0.2, 0.25) is 36.3 Å². The largest absolute Gasteiger partial charge is 0.382 e. The summed E-state index contributed by atoms with van der Waals surface area (Å²) in [7, 11) is -2.85. The molecular formula is C16H40O3Si3. The van der Waals surface area contributed by atoms with E-state index >= 15 is 0 Å². The topological polar surface area (TPSA) is 27.7 Å². The van der Waals surface area contributed by atoms with Crippen LogP contribution >= 0.6 is 0 Å². The molecule has 0 fully saturated rings. The van der Waals surface area contributed by atoms with Crippen molar-refractivity contribution in [2.24, 2.45) is 0 Å². The Kier molecular flexibility index (Phi) is 10.7. The van der Waals surface area contributed by atoms with Gasteiger partial charge >= 0.3 is 0 Å². The van der Waals surface area contributed by atoms with Crippen molar-refractivity contribution >= 4 is 27.1 Å². The number of hydrogen-bond donors (Lipinski definition) is 0. The van der Waals surface area contributed by atoms with Gasteiger partial charge in [0.05, 0.1) is 0 Å². The first-order valence-electron chi connectivity index (χ1n) is 9.35. The number of rotatable bonds is 13. The van der Waals surface area contributed by atoms with E-state index in [9.17, 15) is 0 Å². The van der Waals surface area contributed by atoms with Crippen molar-refractivity contribution in [3.63, 3.8) is 0 Å². The number of hydrogen-bond acceptors (Lipinski definition) is 3. The van der Waals surface area contributed by atoms with Crippen molar-refractivity contribution in [3.8, 4) is 0 Å². The second-order valence-electron chi connectivity index (χ2n) is 6.33. The van der Waals surface area contributed by atoms with Crippen LogP contribution in [-0.4, -0.2) is 33.1 Å². The Morgan fingerprint density at radius 3 is 1.18 bits per heavy atom. The van der Waals surface area contributed by atoms with Crippen LogP contribution in [0.25, 0.3) is 0 Å². The van der Waals surface area contributed by atoms with Gasteiger partial charge in [-0.1, -0.05) is 48.5 Å². The summed E-state index contributed by atoms with van der Waals surface area (Å²) in [4.78, 5) is 0. The standard InChI is InChI=1S/C16H40O3Si3/c1-8-15-16(17-20,18-21(9-2,10-3)11-4)19-22(12-5,13-6)14-7/h8-15H2,1-7,20H3. The van der Waals surface area contributed by atoms with E-state index in [1.807, 2.05) is 0 Å². The van der Waals surface area contributed by atoms with Crippen molar-refractivity contribution in [1.82, 2.24) is 0 Å². The van der Waals surface area contributed by atoms with Crippen LogP contribution < -0.4 is 0 Å². The fourth-order valence-electron chi connectivity index (χ4n) is 3.21. The lowest BCUT2D eigenvalue weighted by Crippen LogP contribution is -2.56. The monoisotopic (exact) mass is 364 g/mol. The molecule has 0 atom stereocenters. The van der Waals surface area contributed by atoms with Crippen LogP contribution in [0.1, 0.15) is 61.3 Å². The minimum Gasteiger partial charge on any atom is -0.382 e. The smallest absolute Gasteiger partial charge is 0.253 e. The summed E-state index contributed by atoms with van der Waals surface area (Å²) in [6.45, 7) is 15.8. The predicted molar refractivity (Wildman–Crippen MR) is 105 cm³/mol. The summed E-state index contributed by atoms with van der Waals surface area (Å²) in [5, 5.41) is 0. The third-order valence-corrected chi connectivity index (χ3v) is 15.3. The molecule has 0 heterocycles. The van der Waals surface area contributed by atoms with E-state index in [-0.39, 0.29) is 0 Å². The zero-order chi connectivity index (χ0) is 17.3. The van der Waals surface area contributed by atoms with Gasteiger partial charge in [-0.2, -0.15) is 0 Å². The van der Waals surface area contributed by atoms with Gasteiger partial charge in [-0.15, -0.1) is 0 Å². The van der Waals surface area contributed by atoms with E-state index in [0.717, 1.165) is 49.1 Å². The van der Waals surface area contributed by atoms with Gasteiger partial charge in [-0.05, 0) is 42.7 Å². The molecule has 0 saturated carbocycles. The van der Waals surface area contributed by atoms with Crippen LogP contribution in [-0.2, 0) is 13.3 Å². The highest BCUT2D eigenvalue weighted by molar-refractivity contribution is 6.74. The molecule has 0 rings (SSSR count). The van der Waals surface area contributed by atoms with Gasteiger partial charge in [0.1, 0.15) is 0 Å². The van der Waals surface area contributed by atoms with Gasteiger partial charge in [0.15, 0.2) is 27.1 Å². The van der Waals surface area contributed by atoms with Crippen LogP contribution in [0.4, 0.5) is 0 Å². The molecule has 0 aliphatic heterocycles. The van der Waals surface area contributed by atoms with Crippen molar-refractivity contribution in [3.05, 3.63) is 0 Å². The van der Waals surface area contributed by atoms with E-state index in [2.05, 4.69) is 48.5 Å². The lowest BCUT2D eigenvalue weighted by molar-refractivity contribution is -0.269. The van der Waals surface area contributed by atoms with E-state index < -0.39 is 22.6 Å². The maximum absolute atomic E-state index is 6.79. The molecule has 22 heavy (non-hydrogen) atoms. The molecule has 0 N–H and O–H groups in total. The van der Waals surface area contributed by atoms with Gasteiger partial charge in [0.2, 0.25) is 0 Å². The normalized spacial score (nSPS) is 13.8. The molecule has 134 valence electrons. The lowest BCUT2D eigenvalue weighted by atomic mass is 10.3. The third-order valence-electron chi connectivity index (χ3n) is 5.48. The second kappa shape index (κ2) is 10.4. The maximum atomic E-state index is 6.79. The molecule has 3 nitrogen and oxygen atoms in total. The Hall–Kier alpha value is 0.531. The summed E-state index contributed by atoms with van der Waals surface area (Å²) >= 11 is 0. The minimum absolute atomic E-state index is 0.657. The highest BCUT2D eigenvalue weighted by Gasteiger charge is 2.46. The molecule has 0 unspecified atom stereocenters. The van der Waals surface area contributed by atoms with Crippen molar-refractivity contribution in [2.45, 2.75) is 104 Å². The Bertz CT molecular complexity index is 254. The van der Waals surface area contributed by atoms with Crippen LogP contribution in [0.5, 0.6) is 0 Å². The van der Waals surface area contributed by atoms with Gasteiger partial charge in [-0.3, -0.25) is 0 Å². The van der Waals surface area contributed by atoms with E-state index in [1.54, 1.807) is 0 Å².